The molecule has 2 amide bonds. The highest BCUT2D eigenvalue weighted by molar-refractivity contribution is 7.91. The molecule has 130 valence electrons. The maximum atomic E-state index is 12.2. The molecule has 1 aromatic rings. The number of amides is 2. The van der Waals surface area contributed by atoms with Gasteiger partial charge in [-0.25, -0.2) is 18.2 Å². The van der Waals surface area contributed by atoms with Crippen molar-refractivity contribution >= 4 is 15.9 Å². The Labute approximate surface area is 137 Å². The summed E-state index contributed by atoms with van der Waals surface area (Å²) in [7, 11) is -2.91. The van der Waals surface area contributed by atoms with Crippen LogP contribution in [-0.2, 0) is 16.4 Å². The molecule has 1 fully saturated rings. The summed E-state index contributed by atoms with van der Waals surface area (Å²) in [6, 6.07) is -0.321. The van der Waals surface area contributed by atoms with E-state index in [1.54, 1.807) is 12.5 Å². The summed E-state index contributed by atoms with van der Waals surface area (Å²) >= 11 is 0. The Hall–Kier alpha value is -1.57. The van der Waals surface area contributed by atoms with Crippen molar-refractivity contribution in [3.63, 3.8) is 0 Å². The van der Waals surface area contributed by atoms with E-state index < -0.39 is 9.84 Å². The molecule has 1 aliphatic heterocycles. The van der Waals surface area contributed by atoms with Gasteiger partial charge in [0, 0.05) is 25.5 Å². The number of carbonyl (C=O) groups is 1. The first-order valence-electron chi connectivity index (χ1n) is 7.86. The number of imidazole rings is 1. The highest BCUT2D eigenvalue weighted by Crippen LogP contribution is 2.21. The molecule has 0 aliphatic carbocycles. The minimum absolute atomic E-state index is 0.0208. The van der Waals surface area contributed by atoms with Crippen molar-refractivity contribution in [2.75, 3.05) is 18.1 Å². The second kappa shape index (κ2) is 6.90. The van der Waals surface area contributed by atoms with Crippen LogP contribution >= 0.6 is 0 Å². The van der Waals surface area contributed by atoms with E-state index in [1.807, 2.05) is 10.8 Å². The quantitative estimate of drug-likeness (QED) is 0.836. The number of hydrogen-bond donors (Lipinski definition) is 2. The number of urea groups is 1. The summed E-state index contributed by atoms with van der Waals surface area (Å²) in [5.74, 6) is 0.421. The molecule has 0 bridgehead atoms. The van der Waals surface area contributed by atoms with Gasteiger partial charge in [-0.15, -0.1) is 0 Å². The SMILES string of the molecule is CC(C)(C)[C@@H](Cn1ccnc1)NC(=O)NC[C@@H]1CCS(=O)(=O)C1. The first-order chi connectivity index (χ1) is 10.7. The fraction of sp³-hybridized carbons (Fsp3) is 0.733. The van der Waals surface area contributed by atoms with Crippen LogP contribution < -0.4 is 10.6 Å². The molecule has 23 heavy (non-hydrogen) atoms. The monoisotopic (exact) mass is 342 g/mol. The predicted molar refractivity (Wildman–Crippen MR) is 88.8 cm³/mol. The summed E-state index contributed by atoms with van der Waals surface area (Å²) < 4.78 is 24.8. The van der Waals surface area contributed by atoms with Crippen LogP contribution in [0.4, 0.5) is 4.79 Å². The van der Waals surface area contributed by atoms with Crippen LogP contribution in [0.5, 0.6) is 0 Å². The van der Waals surface area contributed by atoms with Crippen LogP contribution in [0.2, 0.25) is 0 Å². The van der Waals surface area contributed by atoms with Crippen molar-refractivity contribution in [1.29, 1.82) is 0 Å². The van der Waals surface area contributed by atoms with Gasteiger partial charge in [0.1, 0.15) is 0 Å². The van der Waals surface area contributed by atoms with Gasteiger partial charge >= 0.3 is 6.03 Å². The number of aromatic nitrogens is 2. The Balaban J connectivity index is 1.85. The van der Waals surface area contributed by atoms with Crippen LogP contribution in [0.1, 0.15) is 27.2 Å². The second-order valence-corrected chi connectivity index (χ2v) is 9.53. The van der Waals surface area contributed by atoms with Gasteiger partial charge in [0.05, 0.1) is 23.9 Å². The Morgan fingerprint density at radius 2 is 2.17 bits per heavy atom. The topological polar surface area (TPSA) is 93.1 Å². The van der Waals surface area contributed by atoms with E-state index in [9.17, 15) is 13.2 Å². The van der Waals surface area contributed by atoms with E-state index in [1.165, 1.54) is 0 Å². The highest BCUT2D eigenvalue weighted by atomic mass is 32.2. The lowest BCUT2D eigenvalue weighted by Crippen LogP contribution is -2.50. The summed E-state index contributed by atoms with van der Waals surface area (Å²) in [5.41, 5.74) is -0.113. The zero-order chi connectivity index (χ0) is 17.1. The van der Waals surface area contributed by atoms with Gasteiger partial charge in [0.25, 0.3) is 0 Å². The van der Waals surface area contributed by atoms with Gasteiger partial charge < -0.3 is 15.2 Å². The molecule has 0 unspecified atom stereocenters. The van der Waals surface area contributed by atoms with Gasteiger partial charge in [0.15, 0.2) is 9.84 Å². The average Bonchev–Trinajstić information content (AvgIpc) is 3.04. The van der Waals surface area contributed by atoms with E-state index >= 15 is 0 Å². The molecule has 1 aromatic heterocycles. The van der Waals surface area contributed by atoms with Gasteiger partial charge in [-0.05, 0) is 17.8 Å². The number of rotatable bonds is 5. The molecule has 7 nitrogen and oxygen atoms in total. The van der Waals surface area contributed by atoms with E-state index in [0.717, 1.165) is 0 Å². The van der Waals surface area contributed by atoms with Crippen LogP contribution in [0, 0.1) is 11.3 Å². The largest absolute Gasteiger partial charge is 0.338 e. The molecule has 1 aliphatic rings. The molecular formula is C15H26N4O3S. The van der Waals surface area contributed by atoms with Crippen molar-refractivity contribution in [3.05, 3.63) is 18.7 Å². The lowest BCUT2D eigenvalue weighted by atomic mass is 9.86. The lowest BCUT2D eigenvalue weighted by Gasteiger charge is -2.32. The molecule has 0 saturated carbocycles. The molecule has 2 atom stereocenters. The molecule has 2 rings (SSSR count). The summed E-state index contributed by atoms with van der Waals surface area (Å²) in [5, 5.41) is 5.80. The standard InChI is InChI=1S/C15H26N4O3S/c1-15(2,3)13(9-19-6-5-16-11-19)18-14(20)17-8-12-4-7-23(21,22)10-12/h5-6,11-13H,4,7-10H2,1-3H3,(H2,17,18,20)/t12-,13+/m0/s1. The smallest absolute Gasteiger partial charge is 0.315 e. The molecule has 8 heteroatoms. The average molecular weight is 342 g/mol. The number of nitrogens with one attached hydrogen (secondary N) is 2. The van der Waals surface area contributed by atoms with Crippen LogP contribution in [0.25, 0.3) is 0 Å². The van der Waals surface area contributed by atoms with Gasteiger partial charge in [-0.3, -0.25) is 0 Å². The number of nitrogens with zero attached hydrogens (tertiary/aromatic N) is 2. The van der Waals surface area contributed by atoms with Gasteiger partial charge in [-0.1, -0.05) is 20.8 Å². The van der Waals surface area contributed by atoms with Gasteiger partial charge in [0.2, 0.25) is 0 Å². The highest BCUT2D eigenvalue weighted by Gasteiger charge is 2.29. The summed E-state index contributed by atoms with van der Waals surface area (Å²) in [6.45, 7) is 7.23. The number of sulfone groups is 1. The number of hydrogen-bond acceptors (Lipinski definition) is 4. The first kappa shape index (κ1) is 17.8. The fourth-order valence-corrected chi connectivity index (χ4v) is 4.48. The van der Waals surface area contributed by atoms with E-state index in [2.05, 4.69) is 36.4 Å². The third-order valence-electron chi connectivity index (χ3n) is 4.18. The maximum absolute atomic E-state index is 12.2. The van der Waals surface area contributed by atoms with Crippen LogP contribution in [-0.4, -0.2) is 48.1 Å². The van der Waals surface area contributed by atoms with Crippen molar-refractivity contribution in [2.45, 2.75) is 39.8 Å². The minimum atomic E-state index is -2.91. The third kappa shape index (κ3) is 5.53. The van der Waals surface area contributed by atoms with Crippen LogP contribution in [0.3, 0.4) is 0 Å². The molecular weight excluding hydrogens is 316 g/mol. The van der Waals surface area contributed by atoms with E-state index in [0.29, 0.717) is 19.5 Å². The van der Waals surface area contributed by atoms with E-state index in [-0.39, 0.29) is 34.9 Å². The molecule has 0 spiro atoms. The molecule has 0 radical (unpaired) electrons. The number of carbonyl (C=O) groups excluding carboxylic acids is 1. The minimum Gasteiger partial charge on any atom is -0.338 e. The zero-order valence-corrected chi connectivity index (χ0v) is 14.8. The Morgan fingerprint density at radius 3 is 2.70 bits per heavy atom. The van der Waals surface area contributed by atoms with Gasteiger partial charge in [-0.2, -0.15) is 0 Å². The van der Waals surface area contributed by atoms with Crippen molar-refractivity contribution in [2.24, 2.45) is 11.3 Å². The summed E-state index contributed by atoms with van der Waals surface area (Å²) in [4.78, 5) is 16.2. The fourth-order valence-electron chi connectivity index (χ4n) is 2.62. The third-order valence-corrected chi connectivity index (χ3v) is 6.02. The first-order valence-corrected chi connectivity index (χ1v) is 9.68. The Kier molecular flexibility index (Phi) is 5.33. The molecule has 1 saturated heterocycles. The van der Waals surface area contributed by atoms with Crippen LogP contribution in [0.15, 0.2) is 18.7 Å². The molecule has 2 N–H and O–H groups in total. The second-order valence-electron chi connectivity index (χ2n) is 7.30. The predicted octanol–water partition coefficient (Wildman–Crippen LogP) is 1.03. The van der Waals surface area contributed by atoms with E-state index in [4.69, 9.17) is 0 Å². The normalized spacial score (nSPS) is 21.8. The van der Waals surface area contributed by atoms with Crippen molar-refractivity contribution < 1.29 is 13.2 Å². The Bertz CT molecular complexity index is 620. The molecule has 2 heterocycles. The Morgan fingerprint density at radius 1 is 1.43 bits per heavy atom. The maximum Gasteiger partial charge on any atom is 0.315 e. The summed E-state index contributed by atoms with van der Waals surface area (Å²) in [6.07, 6.45) is 5.92. The van der Waals surface area contributed by atoms with Crippen molar-refractivity contribution in [3.8, 4) is 0 Å². The lowest BCUT2D eigenvalue weighted by molar-refractivity contribution is 0.208. The van der Waals surface area contributed by atoms with Crippen molar-refractivity contribution in [1.82, 2.24) is 20.2 Å². The zero-order valence-electron chi connectivity index (χ0n) is 13.9. The molecule has 0 aromatic carbocycles.